The van der Waals surface area contributed by atoms with Crippen LogP contribution in [0.25, 0.3) is 0 Å². The Balaban J connectivity index is 1.40. The zero-order chi connectivity index (χ0) is 25.1. The fraction of sp³-hybridized carbons (Fsp3) is 0.414. The molecule has 0 unspecified atom stereocenters. The van der Waals surface area contributed by atoms with Crippen LogP contribution < -0.4 is 5.56 Å². The third-order valence-corrected chi connectivity index (χ3v) is 7.41. The van der Waals surface area contributed by atoms with Crippen molar-refractivity contribution in [1.82, 2.24) is 14.5 Å². The lowest BCUT2D eigenvalue weighted by atomic mass is 9.95. The molecule has 2 aliphatic rings. The first-order valence-corrected chi connectivity index (χ1v) is 12.7. The summed E-state index contributed by atoms with van der Waals surface area (Å²) in [7, 11) is 1.73. The molecule has 1 aliphatic carbocycles. The first-order chi connectivity index (χ1) is 17.5. The molecule has 7 nitrogen and oxygen atoms in total. The molecule has 36 heavy (non-hydrogen) atoms. The molecule has 0 atom stereocenters. The minimum absolute atomic E-state index is 0.0406. The molecule has 0 spiro atoms. The van der Waals surface area contributed by atoms with Crippen molar-refractivity contribution in [3.63, 3.8) is 0 Å². The van der Waals surface area contributed by atoms with Crippen molar-refractivity contribution in [3.05, 3.63) is 99.2 Å². The van der Waals surface area contributed by atoms with Crippen molar-refractivity contribution in [2.24, 2.45) is 0 Å². The van der Waals surface area contributed by atoms with Crippen LogP contribution in [-0.4, -0.2) is 46.4 Å². The largest absolute Gasteiger partial charge is 0.446 e. The van der Waals surface area contributed by atoms with Crippen LogP contribution in [0.1, 0.15) is 59.9 Å². The summed E-state index contributed by atoms with van der Waals surface area (Å²) in [5, 5.41) is 0. The Morgan fingerprint density at radius 2 is 1.53 bits per heavy atom. The summed E-state index contributed by atoms with van der Waals surface area (Å²) in [6, 6.07) is 19.8. The lowest BCUT2D eigenvalue weighted by Gasteiger charge is -2.32. The average Bonchev–Trinajstić information content (AvgIpc) is 2.92. The number of carbonyl (C=O) groups excluding carboxylic acids is 1. The van der Waals surface area contributed by atoms with E-state index in [9.17, 15) is 9.59 Å². The monoisotopic (exact) mass is 487 g/mol. The second kappa shape index (κ2) is 10.7. The van der Waals surface area contributed by atoms with Gasteiger partial charge in [0.2, 0.25) is 0 Å². The van der Waals surface area contributed by atoms with Gasteiger partial charge in [-0.15, -0.1) is 0 Å². The number of carbonyl (C=O) groups is 1. The molecule has 0 radical (unpaired) electrons. The minimum atomic E-state index is -0.323. The van der Waals surface area contributed by atoms with E-state index >= 15 is 0 Å². The second-order valence-electron chi connectivity index (χ2n) is 9.67. The standard InChI is InChI=1S/C29H33N3O4/c1-20-30-26-19-31(29(34)36-24-15-13-23(35-2)14-16-24)18-17-25(26)28(33)32(20)27(21-9-5-3-6-10-21)22-11-7-4-8-12-22/h3-12,23-24,27H,13-19H2,1-2H3. The van der Waals surface area contributed by atoms with E-state index in [4.69, 9.17) is 14.5 Å². The molecule has 0 saturated heterocycles. The summed E-state index contributed by atoms with van der Waals surface area (Å²) in [5.41, 5.74) is 3.36. The van der Waals surface area contributed by atoms with Crippen LogP contribution in [0.5, 0.6) is 0 Å². The molecule has 2 heterocycles. The van der Waals surface area contributed by atoms with Crippen LogP contribution in [0.3, 0.4) is 0 Å². The number of fused-ring (bicyclic) bond motifs is 1. The Kier molecular flexibility index (Phi) is 7.18. The van der Waals surface area contributed by atoms with E-state index in [1.54, 1.807) is 16.6 Å². The van der Waals surface area contributed by atoms with Gasteiger partial charge < -0.3 is 14.4 Å². The van der Waals surface area contributed by atoms with E-state index in [-0.39, 0.29) is 29.9 Å². The SMILES string of the molecule is COC1CCC(OC(=O)N2CCc3c(nc(C)n(C(c4ccccc4)c4ccccc4)c3=O)C2)CC1. The predicted octanol–water partition coefficient (Wildman–Crippen LogP) is 4.64. The number of hydrogen-bond donors (Lipinski definition) is 0. The zero-order valence-electron chi connectivity index (χ0n) is 20.9. The van der Waals surface area contributed by atoms with Crippen molar-refractivity contribution in [2.45, 2.75) is 63.8 Å². The van der Waals surface area contributed by atoms with Gasteiger partial charge in [0.15, 0.2) is 0 Å². The lowest BCUT2D eigenvalue weighted by Crippen LogP contribution is -2.43. The molecule has 1 amide bonds. The highest BCUT2D eigenvalue weighted by Crippen LogP contribution is 2.28. The Hall–Kier alpha value is -3.45. The molecule has 3 aromatic rings. The maximum atomic E-state index is 13.9. The molecule has 1 fully saturated rings. The molecule has 1 aromatic heterocycles. The second-order valence-corrected chi connectivity index (χ2v) is 9.67. The van der Waals surface area contributed by atoms with Crippen LogP contribution in [0.15, 0.2) is 65.5 Å². The number of aromatic nitrogens is 2. The van der Waals surface area contributed by atoms with E-state index in [2.05, 4.69) is 0 Å². The molecule has 0 N–H and O–H groups in total. The van der Waals surface area contributed by atoms with E-state index in [1.807, 2.05) is 67.6 Å². The van der Waals surface area contributed by atoms with Gasteiger partial charge in [0.05, 0.1) is 24.4 Å². The van der Waals surface area contributed by atoms with Gasteiger partial charge in [0.1, 0.15) is 11.9 Å². The van der Waals surface area contributed by atoms with Crippen molar-refractivity contribution in [1.29, 1.82) is 0 Å². The normalized spacial score (nSPS) is 19.7. The molecule has 2 aromatic carbocycles. The number of aryl methyl sites for hydroxylation is 1. The molecule has 5 rings (SSSR count). The first kappa shape index (κ1) is 24.3. The van der Waals surface area contributed by atoms with Gasteiger partial charge in [-0.3, -0.25) is 9.36 Å². The van der Waals surface area contributed by atoms with E-state index in [1.165, 1.54) is 0 Å². The van der Waals surface area contributed by atoms with Gasteiger partial charge in [-0.05, 0) is 50.2 Å². The first-order valence-electron chi connectivity index (χ1n) is 12.7. The highest BCUT2D eigenvalue weighted by atomic mass is 16.6. The summed E-state index contributed by atoms with van der Waals surface area (Å²) in [4.78, 5) is 33.3. The number of amides is 1. The molecule has 188 valence electrons. The van der Waals surface area contributed by atoms with Crippen LogP contribution in [0, 0.1) is 6.92 Å². The van der Waals surface area contributed by atoms with Crippen LogP contribution in [0.2, 0.25) is 0 Å². The Bertz CT molecular complexity index is 1210. The van der Waals surface area contributed by atoms with E-state index in [0.29, 0.717) is 36.6 Å². The summed E-state index contributed by atoms with van der Waals surface area (Å²) < 4.78 is 13.0. The molecular formula is C29H33N3O4. The maximum Gasteiger partial charge on any atom is 0.410 e. The Morgan fingerprint density at radius 3 is 2.11 bits per heavy atom. The highest BCUT2D eigenvalue weighted by Gasteiger charge is 2.31. The third-order valence-electron chi connectivity index (χ3n) is 7.41. The van der Waals surface area contributed by atoms with Gasteiger partial charge in [0.25, 0.3) is 5.56 Å². The minimum Gasteiger partial charge on any atom is -0.446 e. The summed E-state index contributed by atoms with van der Waals surface area (Å²) in [5.74, 6) is 0.629. The maximum absolute atomic E-state index is 13.9. The van der Waals surface area contributed by atoms with E-state index < -0.39 is 0 Å². The summed E-state index contributed by atoms with van der Waals surface area (Å²) in [6.45, 7) is 2.60. The fourth-order valence-corrected chi connectivity index (χ4v) is 5.45. The zero-order valence-corrected chi connectivity index (χ0v) is 20.9. The number of nitrogens with zero attached hydrogens (tertiary/aromatic N) is 3. The van der Waals surface area contributed by atoms with Gasteiger partial charge >= 0.3 is 6.09 Å². The number of methoxy groups -OCH3 is 1. The van der Waals surface area contributed by atoms with Crippen molar-refractivity contribution >= 4 is 6.09 Å². The Morgan fingerprint density at radius 1 is 0.944 bits per heavy atom. The topological polar surface area (TPSA) is 73.7 Å². The smallest absolute Gasteiger partial charge is 0.410 e. The Labute approximate surface area is 211 Å². The van der Waals surface area contributed by atoms with Crippen molar-refractivity contribution in [2.75, 3.05) is 13.7 Å². The van der Waals surface area contributed by atoms with Crippen LogP contribution in [-0.2, 0) is 22.4 Å². The number of benzene rings is 2. The van der Waals surface area contributed by atoms with Gasteiger partial charge in [-0.2, -0.15) is 0 Å². The quantitative estimate of drug-likeness (QED) is 0.524. The average molecular weight is 488 g/mol. The van der Waals surface area contributed by atoms with Crippen molar-refractivity contribution in [3.8, 4) is 0 Å². The number of rotatable bonds is 5. The van der Waals surface area contributed by atoms with Crippen LogP contribution in [0.4, 0.5) is 4.79 Å². The van der Waals surface area contributed by atoms with Crippen LogP contribution >= 0.6 is 0 Å². The molecule has 7 heteroatoms. The number of ether oxygens (including phenoxy) is 2. The fourth-order valence-electron chi connectivity index (χ4n) is 5.45. The highest BCUT2D eigenvalue weighted by molar-refractivity contribution is 5.68. The predicted molar refractivity (Wildman–Crippen MR) is 137 cm³/mol. The molecular weight excluding hydrogens is 454 g/mol. The number of hydrogen-bond acceptors (Lipinski definition) is 5. The molecule has 1 aliphatic heterocycles. The summed E-state index contributed by atoms with van der Waals surface area (Å²) >= 11 is 0. The van der Waals surface area contributed by atoms with E-state index in [0.717, 1.165) is 36.8 Å². The summed E-state index contributed by atoms with van der Waals surface area (Å²) in [6.07, 6.45) is 3.76. The molecule has 0 bridgehead atoms. The lowest BCUT2D eigenvalue weighted by molar-refractivity contribution is 0.000677. The molecule has 1 saturated carbocycles. The van der Waals surface area contributed by atoms with Crippen molar-refractivity contribution < 1.29 is 14.3 Å². The van der Waals surface area contributed by atoms with Gasteiger partial charge in [0, 0.05) is 19.2 Å². The third kappa shape index (κ3) is 4.93. The van der Waals surface area contributed by atoms with Gasteiger partial charge in [-0.25, -0.2) is 9.78 Å². The van der Waals surface area contributed by atoms with Gasteiger partial charge in [-0.1, -0.05) is 60.7 Å².